The Labute approximate surface area is 260 Å². The molecule has 1 aromatic heterocycles. The number of aromatic amines is 1. The Morgan fingerprint density at radius 1 is 1.09 bits per heavy atom. The Morgan fingerprint density at radius 3 is 2.52 bits per heavy atom. The van der Waals surface area contributed by atoms with Crippen LogP contribution in [-0.4, -0.2) is 85.9 Å². The highest BCUT2D eigenvalue weighted by atomic mass is 35.5. The maximum absolute atomic E-state index is 14.0. The van der Waals surface area contributed by atoms with E-state index in [0.717, 1.165) is 22.0 Å². The van der Waals surface area contributed by atoms with Gasteiger partial charge >= 0.3 is 0 Å². The van der Waals surface area contributed by atoms with E-state index in [0.29, 0.717) is 17.9 Å². The van der Waals surface area contributed by atoms with Crippen LogP contribution in [0, 0.1) is 5.41 Å². The molecule has 3 saturated carbocycles. The molecule has 0 spiro atoms. The average Bonchev–Trinajstić information content (AvgIpc) is 3.60. The molecule has 4 fully saturated rings. The molecule has 7 rings (SSSR count). The molecule has 3 aliphatic carbocycles. The Kier molecular flexibility index (Phi) is 8.02. The number of aliphatic hydroxyl groups is 2. The van der Waals surface area contributed by atoms with Crippen molar-refractivity contribution in [2.45, 2.75) is 75.3 Å². The van der Waals surface area contributed by atoms with Crippen LogP contribution in [0.1, 0.15) is 49.7 Å². The number of aliphatic hydroxyl groups excluding tert-OH is 1. The van der Waals surface area contributed by atoms with Gasteiger partial charge in [-0.2, -0.15) is 0 Å². The first kappa shape index (κ1) is 30.3. The number of halogens is 1. The zero-order valence-corrected chi connectivity index (χ0v) is 25.3. The SMILES string of the molecule is CN(Cc1ccccc1Cl)C(=O)C(Cc1c[nH]c2ccccc12)NC(=O)C1C[C@@H](O)CN1C(=O)C12CCC(O)(CC1)CC2=O. The summed E-state index contributed by atoms with van der Waals surface area (Å²) < 4.78 is 0. The Balaban J connectivity index is 1.25. The number of hydrogen-bond donors (Lipinski definition) is 4. The number of likely N-dealkylation sites (tertiary alicyclic amines) is 1. The molecule has 3 atom stereocenters. The molecule has 1 saturated heterocycles. The van der Waals surface area contributed by atoms with Gasteiger partial charge in [-0.1, -0.05) is 48.0 Å². The number of nitrogens with zero attached hydrogens (tertiary/aromatic N) is 2. The number of amides is 3. The van der Waals surface area contributed by atoms with Gasteiger partial charge in [0.25, 0.3) is 0 Å². The summed E-state index contributed by atoms with van der Waals surface area (Å²) in [5.41, 5.74) is 0.143. The molecule has 10 nitrogen and oxygen atoms in total. The van der Waals surface area contributed by atoms with Gasteiger partial charge in [-0.05, 0) is 48.9 Å². The topological polar surface area (TPSA) is 143 Å². The standard InChI is InChI=1S/C33H37ClN4O6/c1-37(18-20-6-2-4-8-24(20)34)30(42)26(14-21-17-35-25-9-5-3-7-23(21)25)36-29(41)27-15-22(39)19-38(27)31(43)33-12-10-32(44,11-13-33)16-28(33)40/h2-9,17,22,26-27,35,39,44H,10-16,18-19H2,1H3,(H,36,41)/t22-,26?,27?,32?,33?/m1/s1. The minimum Gasteiger partial charge on any atom is -0.391 e. The summed E-state index contributed by atoms with van der Waals surface area (Å²) in [6.45, 7) is 0.145. The number of nitrogens with one attached hydrogen (secondary N) is 2. The predicted molar refractivity (Wildman–Crippen MR) is 163 cm³/mol. The molecule has 4 N–H and O–H groups in total. The molecular weight excluding hydrogens is 584 g/mol. The van der Waals surface area contributed by atoms with Gasteiger partial charge in [-0.15, -0.1) is 0 Å². The average molecular weight is 621 g/mol. The fourth-order valence-corrected chi connectivity index (χ4v) is 7.37. The van der Waals surface area contributed by atoms with Crippen LogP contribution < -0.4 is 5.32 Å². The Hall–Kier alpha value is -3.73. The van der Waals surface area contributed by atoms with E-state index in [-0.39, 0.29) is 56.9 Å². The molecule has 2 aromatic carbocycles. The van der Waals surface area contributed by atoms with Crippen LogP contribution in [0.15, 0.2) is 54.7 Å². The number of rotatable bonds is 8. The van der Waals surface area contributed by atoms with Crippen LogP contribution in [0.5, 0.6) is 0 Å². The maximum atomic E-state index is 14.0. The first-order chi connectivity index (χ1) is 21.0. The van der Waals surface area contributed by atoms with Gasteiger partial charge in [-0.25, -0.2) is 0 Å². The van der Waals surface area contributed by atoms with Crippen LogP contribution in [0.2, 0.25) is 5.02 Å². The van der Waals surface area contributed by atoms with Gasteiger partial charge in [-0.3, -0.25) is 19.2 Å². The lowest BCUT2D eigenvalue weighted by Gasteiger charge is -2.49. The number of Topliss-reactive ketones (excluding diaryl/α,β-unsaturated/α-hetero) is 1. The van der Waals surface area contributed by atoms with Gasteiger partial charge in [0, 0.05) is 61.5 Å². The predicted octanol–water partition coefficient (Wildman–Crippen LogP) is 2.73. The van der Waals surface area contributed by atoms with Crippen molar-refractivity contribution in [2.24, 2.45) is 5.41 Å². The van der Waals surface area contributed by atoms with Gasteiger partial charge < -0.3 is 30.3 Å². The molecule has 3 aromatic rings. The summed E-state index contributed by atoms with van der Waals surface area (Å²) in [6.07, 6.45) is 2.10. The third kappa shape index (κ3) is 5.50. The van der Waals surface area contributed by atoms with E-state index in [9.17, 15) is 29.4 Å². The van der Waals surface area contributed by atoms with Gasteiger partial charge in [0.2, 0.25) is 17.7 Å². The second-order valence-electron chi connectivity index (χ2n) is 12.7. The van der Waals surface area contributed by atoms with Crippen molar-refractivity contribution in [2.75, 3.05) is 13.6 Å². The van der Waals surface area contributed by atoms with E-state index < -0.39 is 41.0 Å². The summed E-state index contributed by atoms with van der Waals surface area (Å²) >= 11 is 6.36. The molecule has 232 valence electrons. The molecule has 2 bridgehead atoms. The number of para-hydroxylation sites is 1. The minimum absolute atomic E-state index is 0.00472. The number of hydrogen-bond acceptors (Lipinski definition) is 6. The molecule has 1 aliphatic heterocycles. The normalized spacial score (nSPS) is 27.0. The highest BCUT2D eigenvalue weighted by Gasteiger charge is 2.60. The summed E-state index contributed by atoms with van der Waals surface area (Å²) in [5.74, 6) is -1.69. The second kappa shape index (κ2) is 11.6. The molecule has 2 heterocycles. The third-order valence-electron chi connectivity index (χ3n) is 9.76. The highest BCUT2D eigenvalue weighted by molar-refractivity contribution is 6.31. The van der Waals surface area contributed by atoms with Crippen molar-refractivity contribution in [3.8, 4) is 0 Å². The van der Waals surface area contributed by atoms with Crippen LogP contribution in [0.3, 0.4) is 0 Å². The van der Waals surface area contributed by atoms with Crippen molar-refractivity contribution in [3.63, 3.8) is 0 Å². The number of aromatic nitrogens is 1. The number of likely N-dealkylation sites (N-methyl/N-ethyl adjacent to an activating group) is 1. The first-order valence-electron chi connectivity index (χ1n) is 15.1. The fourth-order valence-electron chi connectivity index (χ4n) is 7.18. The summed E-state index contributed by atoms with van der Waals surface area (Å²) in [4.78, 5) is 61.0. The minimum atomic E-state index is -1.29. The Morgan fingerprint density at radius 2 is 1.80 bits per heavy atom. The number of ketones is 1. The van der Waals surface area contributed by atoms with Gasteiger partial charge in [0.15, 0.2) is 5.78 Å². The van der Waals surface area contributed by atoms with Crippen molar-refractivity contribution in [1.29, 1.82) is 0 Å². The first-order valence-corrected chi connectivity index (χ1v) is 15.5. The van der Waals surface area contributed by atoms with Gasteiger partial charge in [0.05, 0.1) is 11.7 Å². The van der Waals surface area contributed by atoms with E-state index in [4.69, 9.17) is 11.6 Å². The van der Waals surface area contributed by atoms with E-state index in [1.54, 1.807) is 13.1 Å². The smallest absolute Gasteiger partial charge is 0.245 e. The zero-order chi connectivity index (χ0) is 31.2. The second-order valence-corrected chi connectivity index (χ2v) is 13.1. The molecule has 4 aliphatic rings. The maximum Gasteiger partial charge on any atom is 0.245 e. The lowest BCUT2D eigenvalue weighted by Crippen LogP contribution is -2.61. The van der Waals surface area contributed by atoms with E-state index in [1.165, 1.54) is 9.80 Å². The number of β-amino-alcohol motifs (C(OH)–C–C–N with tert-alkyl or cyclic N) is 1. The van der Waals surface area contributed by atoms with E-state index in [1.807, 2.05) is 48.7 Å². The zero-order valence-electron chi connectivity index (χ0n) is 24.6. The summed E-state index contributed by atoms with van der Waals surface area (Å²) in [7, 11) is 1.65. The quantitative estimate of drug-likeness (QED) is 0.285. The molecule has 0 radical (unpaired) electrons. The van der Waals surface area contributed by atoms with E-state index >= 15 is 0 Å². The number of benzene rings is 2. The Bertz CT molecular complexity index is 1610. The number of carbonyl (C=O) groups excluding carboxylic acids is 4. The molecule has 3 amide bonds. The highest BCUT2D eigenvalue weighted by Crippen LogP contribution is 2.51. The van der Waals surface area contributed by atoms with Gasteiger partial charge in [0.1, 0.15) is 17.5 Å². The van der Waals surface area contributed by atoms with Crippen molar-refractivity contribution in [1.82, 2.24) is 20.1 Å². The monoisotopic (exact) mass is 620 g/mol. The fraction of sp³-hybridized carbons (Fsp3) is 0.455. The molecule has 2 unspecified atom stereocenters. The number of H-pyrrole nitrogens is 1. The summed E-state index contributed by atoms with van der Waals surface area (Å²) in [6, 6.07) is 12.9. The van der Waals surface area contributed by atoms with Crippen molar-refractivity contribution in [3.05, 3.63) is 70.9 Å². The van der Waals surface area contributed by atoms with Crippen molar-refractivity contribution >= 4 is 46.0 Å². The number of carbonyl (C=O) groups is 4. The lowest BCUT2D eigenvalue weighted by atomic mass is 9.57. The van der Waals surface area contributed by atoms with Crippen LogP contribution >= 0.6 is 11.6 Å². The summed E-state index contributed by atoms with van der Waals surface area (Å²) in [5, 5.41) is 25.6. The van der Waals surface area contributed by atoms with Crippen LogP contribution in [0.4, 0.5) is 0 Å². The molecular formula is C33H37ClN4O6. The van der Waals surface area contributed by atoms with Crippen molar-refractivity contribution < 1.29 is 29.4 Å². The van der Waals surface area contributed by atoms with Crippen LogP contribution in [-0.2, 0) is 32.1 Å². The largest absolute Gasteiger partial charge is 0.391 e. The van der Waals surface area contributed by atoms with E-state index in [2.05, 4.69) is 10.3 Å². The van der Waals surface area contributed by atoms with Crippen LogP contribution in [0.25, 0.3) is 10.9 Å². The third-order valence-corrected chi connectivity index (χ3v) is 10.1. The molecule has 44 heavy (non-hydrogen) atoms. The number of fused-ring (bicyclic) bond motifs is 4. The molecule has 11 heteroatoms. The lowest BCUT2D eigenvalue weighted by molar-refractivity contribution is -0.170.